The van der Waals surface area contributed by atoms with E-state index in [1.165, 1.54) is 0 Å². The summed E-state index contributed by atoms with van der Waals surface area (Å²) >= 11 is 0. The van der Waals surface area contributed by atoms with E-state index in [1.807, 2.05) is 37.3 Å². The lowest BCUT2D eigenvalue weighted by atomic mass is 10.1. The van der Waals surface area contributed by atoms with Gasteiger partial charge in [0, 0.05) is 5.69 Å². The molecule has 0 spiro atoms. The smallest absolute Gasteiger partial charge is 0.239 e. The molecule has 0 heterocycles. The molecule has 0 aliphatic rings. The Bertz CT molecular complexity index is 629. The quantitative estimate of drug-likeness (QED) is 0.884. The second-order valence-electron chi connectivity index (χ2n) is 4.74. The highest BCUT2D eigenvalue weighted by Gasteiger charge is 2.08. The number of nitrogens with zero attached hydrogens (tertiary/aromatic N) is 1. The van der Waals surface area contributed by atoms with Crippen LogP contribution < -0.4 is 10.6 Å². The van der Waals surface area contributed by atoms with Crippen molar-refractivity contribution in [2.24, 2.45) is 0 Å². The highest BCUT2D eigenvalue weighted by Crippen LogP contribution is 2.11. The molecular weight excluding hydrogens is 262 g/mol. The minimum absolute atomic E-state index is 0.0264. The number of anilines is 1. The van der Waals surface area contributed by atoms with Crippen molar-refractivity contribution < 1.29 is 4.79 Å². The molecular formula is C17H17N3O. The predicted octanol–water partition coefficient (Wildman–Crippen LogP) is 2.85. The third-order valence-corrected chi connectivity index (χ3v) is 3.14. The van der Waals surface area contributed by atoms with Crippen LogP contribution in [-0.2, 0) is 4.79 Å². The Hall–Kier alpha value is -2.80. The zero-order valence-electron chi connectivity index (χ0n) is 11.8. The molecule has 0 aromatic heterocycles. The van der Waals surface area contributed by atoms with Crippen molar-refractivity contribution in [2.75, 3.05) is 11.9 Å². The normalized spacial score (nSPS) is 11.2. The fraction of sp³-hybridized carbons (Fsp3) is 0.176. The zero-order valence-corrected chi connectivity index (χ0v) is 11.8. The van der Waals surface area contributed by atoms with E-state index in [4.69, 9.17) is 5.26 Å². The Kier molecular flexibility index (Phi) is 4.94. The van der Waals surface area contributed by atoms with Gasteiger partial charge in [-0.25, -0.2) is 0 Å². The van der Waals surface area contributed by atoms with Crippen LogP contribution in [0.2, 0.25) is 0 Å². The van der Waals surface area contributed by atoms with Gasteiger partial charge in [-0.05, 0) is 36.8 Å². The van der Waals surface area contributed by atoms with Crippen LogP contribution in [0, 0.1) is 11.3 Å². The summed E-state index contributed by atoms with van der Waals surface area (Å²) in [6.45, 7) is 2.15. The summed E-state index contributed by atoms with van der Waals surface area (Å²) in [5.74, 6) is -0.0734. The molecule has 2 rings (SSSR count). The first-order chi connectivity index (χ1) is 10.2. The van der Waals surface area contributed by atoms with Gasteiger partial charge >= 0.3 is 0 Å². The predicted molar refractivity (Wildman–Crippen MR) is 82.6 cm³/mol. The van der Waals surface area contributed by atoms with Crippen molar-refractivity contribution >= 4 is 11.6 Å². The number of benzene rings is 2. The summed E-state index contributed by atoms with van der Waals surface area (Å²) in [5.41, 5.74) is 2.49. The molecule has 21 heavy (non-hydrogen) atoms. The van der Waals surface area contributed by atoms with Crippen LogP contribution in [0.5, 0.6) is 0 Å². The molecule has 0 unspecified atom stereocenters. The summed E-state index contributed by atoms with van der Waals surface area (Å²) in [7, 11) is 0. The van der Waals surface area contributed by atoms with E-state index in [1.54, 1.807) is 24.3 Å². The maximum Gasteiger partial charge on any atom is 0.239 e. The van der Waals surface area contributed by atoms with Gasteiger partial charge in [-0.2, -0.15) is 5.26 Å². The van der Waals surface area contributed by atoms with Crippen molar-refractivity contribution in [3.8, 4) is 6.07 Å². The number of carbonyl (C=O) groups excluding carboxylic acids is 1. The Balaban J connectivity index is 1.83. The molecule has 0 aliphatic heterocycles. The van der Waals surface area contributed by atoms with Crippen LogP contribution in [0.15, 0.2) is 54.6 Å². The number of amides is 1. The number of rotatable bonds is 5. The van der Waals surface area contributed by atoms with Gasteiger partial charge in [-0.1, -0.05) is 30.3 Å². The van der Waals surface area contributed by atoms with Crippen molar-refractivity contribution in [1.29, 1.82) is 5.26 Å². The van der Waals surface area contributed by atoms with E-state index in [0.29, 0.717) is 5.56 Å². The second-order valence-corrected chi connectivity index (χ2v) is 4.74. The molecule has 0 bridgehead atoms. The molecule has 0 saturated carbocycles. The van der Waals surface area contributed by atoms with Crippen LogP contribution in [0.25, 0.3) is 0 Å². The molecule has 0 radical (unpaired) electrons. The molecule has 0 aliphatic carbocycles. The third kappa shape index (κ3) is 4.36. The molecule has 2 aromatic rings. The summed E-state index contributed by atoms with van der Waals surface area (Å²) in [4.78, 5) is 11.9. The van der Waals surface area contributed by atoms with Gasteiger partial charge in [0.2, 0.25) is 5.91 Å². The first-order valence-corrected chi connectivity index (χ1v) is 6.77. The van der Waals surface area contributed by atoms with E-state index in [2.05, 4.69) is 16.7 Å². The Morgan fingerprint density at radius 1 is 1.14 bits per heavy atom. The van der Waals surface area contributed by atoms with Crippen LogP contribution in [0.4, 0.5) is 5.69 Å². The van der Waals surface area contributed by atoms with Crippen molar-refractivity contribution in [1.82, 2.24) is 5.32 Å². The van der Waals surface area contributed by atoms with E-state index in [-0.39, 0.29) is 18.5 Å². The molecule has 0 saturated heterocycles. The highest BCUT2D eigenvalue weighted by atomic mass is 16.1. The molecule has 0 fully saturated rings. The van der Waals surface area contributed by atoms with Gasteiger partial charge in [0.15, 0.2) is 0 Å². The fourth-order valence-electron chi connectivity index (χ4n) is 1.96. The van der Waals surface area contributed by atoms with Crippen LogP contribution in [0.1, 0.15) is 24.1 Å². The highest BCUT2D eigenvalue weighted by molar-refractivity contribution is 5.81. The molecule has 4 nitrogen and oxygen atoms in total. The van der Waals surface area contributed by atoms with Crippen molar-refractivity contribution in [2.45, 2.75) is 13.0 Å². The number of carbonyl (C=O) groups is 1. The van der Waals surface area contributed by atoms with Gasteiger partial charge in [0.05, 0.1) is 24.2 Å². The number of hydrogen-bond acceptors (Lipinski definition) is 3. The Morgan fingerprint density at radius 3 is 2.43 bits per heavy atom. The van der Waals surface area contributed by atoms with E-state index in [9.17, 15) is 4.79 Å². The maximum atomic E-state index is 11.9. The van der Waals surface area contributed by atoms with Gasteiger partial charge in [0.25, 0.3) is 0 Å². The second kappa shape index (κ2) is 7.11. The SMILES string of the molecule is C[C@H](NC(=O)CNc1ccc(C#N)cc1)c1ccccc1. The van der Waals surface area contributed by atoms with Gasteiger partial charge in [-0.15, -0.1) is 0 Å². The summed E-state index contributed by atoms with van der Waals surface area (Å²) in [5, 5.41) is 14.7. The first kappa shape index (κ1) is 14.6. The Labute approximate surface area is 124 Å². The standard InChI is InChI=1S/C17H17N3O/c1-13(15-5-3-2-4-6-15)20-17(21)12-19-16-9-7-14(11-18)8-10-16/h2-10,13,19H,12H2,1H3,(H,20,21)/t13-/m0/s1. The molecule has 2 N–H and O–H groups in total. The first-order valence-electron chi connectivity index (χ1n) is 6.77. The van der Waals surface area contributed by atoms with E-state index < -0.39 is 0 Å². The number of hydrogen-bond donors (Lipinski definition) is 2. The fourth-order valence-corrected chi connectivity index (χ4v) is 1.96. The Morgan fingerprint density at radius 2 is 1.81 bits per heavy atom. The monoisotopic (exact) mass is 279 g/mol. The van der Waals surface area contributed by atoms with Gasteiger partial charge in [-0.3, -0.25) is 4.79 Å². The molecule has 4 heteroatoms. The average Bonchev–Trinajstić information content (AvgIpc) is 2.54. The van der Waals surface area contributed by atoms with Gasteiger partial charge < -0.3 is 10.6 Å². The molecule has 2 aromatic carbocycles. The minimum Gasteiger partial charge on any atom is -0.376 e. The lowest BCUT2D eigenvalue weighted by Gasteiger charge is -2.15. The zero-order chi connectivity index (χ0) is 15.1. The van der Waals surface area contributed by atoms with Crippen LogP contribution in [0.3, 0.4) is 0 Å². The molecule has 1 atom stereocenters. The minimum atomic E-state index is -0.0734. The lowest BCUT2D eigenvalue weighted by Crippen LogP contribution is -2.32. The topological polar surface area (TPSA) is 64.9 Å². The summed E-state index contributed by atoms with van der Waals surface area (Å²) in [6.07, 6.45) is 0. The molecule has 1 amide bonds. The van der Waals surface area contributed by atoms with Gasteiger partial charge in [0.1, 0.15) is 0 Å². The van der Waals surface area contributed by atoms with Crippen molar-refractivity contribution in [3.05, 3.63) is 65.7 Å². The third-order valence-electron chi connectivity index (χ3n) is 3.14. The van der Waals surface area contributed by atoms with Crippen molar-refractivity contribution in [3.63, 3.8) is 0 Å². The maximum absolute atomic E-state index is 11.9. The lowest BCUT2D eigenvalue weighted by molar-refractivity contribution is -0.120. The van der Waals surface area contributed by atoms with E-state index in [0.717, 1.165) is 11.3 Å². The number of nitrogens with one attached hydrogen (secondary N) is 2. The summed E-state index contributed by atoms with van der Waals surface area (Å²) in [6, 6.07) is 18.9. The number of nitriles is 1. The average molecular weight is 279 g/mol. The summed E-state index contributed by atoms with van der Waals surface area (Å²) < 4.78 is 0. The largest absolute Gasteiger partial charge is 0.376 e. The van der Waals surface area contributed by atoms with Crippen LogP contribution >= 0.6 is 0 Å². The molecule has 106 valence electrons. The van der Waals surface area contributed by atoms with E-state index >= 15 is 0 Å². The van der Waals surface area contributed by atoms with Crippen LogP contribution in [-0.4, -0.2) is 12.5 Å².